The van der Waals surface area contributed by atoms with Gasteiger partial charge in [0, 0.05) is 57.5 Å². The van der Waals surface area contributed by atoms with Gasteiger partial charge >= 0.3 is 0 Å². The summed E-state index contributed by atoms with van der Waals surface area (Å²) in [5.74, 6) is 0.829. The molecule has 3 fully saturated rings. The lowest BCUT2D eigenvalue weighted by Gasteiger charge is -2.49. The zero-order chi connectivity index (χ0) is 15.6. The molecule has 2 aliphatic heterocycles. The van der Waals surface area contributed by atoms with Gasteiger partial charge in [-0.05, 0) is 43.0 Å². The minimum absolute atomic E-state index is 0.149. The van der Waals surface area contributed by atoms with Crippen LogP contribution >= 0.6 is 0 Å². The molecule has 0 aromatic heterocycles. The first-order valence-electron chi connectivity index (χ1n) is 9.25. The van der Waals surface area contributed by atoms with Gasteiger partial charge < -0.3 is 4.90 Å². The summed E-state index contributed by atoms with van der Waals surface area (Å²) in [6.45, 7) is 8.28. The minimum Gasteiger partial charge on any atom is -0.369 e. The Bertz CT molecular complexity index is 498. The maximum Gasteiger partial charge on any atom is 0.123 e. The van der Waals surface area contributed by atoms with Crippen molar-refractivity contribution in [1.82, 2.24) is 9.80 Å². The van der Waals surface area contributed by atoms with Crippen molar-refractivity contribution in [2.24, 2.45) is 5.92 Å². The van der Waals surface area contributed by atoms with Crippen LogP contribution in [0.4, 0.5) is 10.1 Å². The zero-order valence-corrected chi connectivity index (χ0v) is 14.0. The lowest BCUT2D eigenvalue weighted by atomic mass is 10.0. The molecule has 4 rings (SSSR count). The van der Waals surface area contributed by atoms with Crippen LogP contribution in [0.25, 0.3) is 0 Å². The SMILES string of the molecule is Fc1ccc(N2CCN(C3CN(CC4CCCC4)C3)CC2)cc1. The van der Waals surface area contributed by atoms with Crippen molar-refractivity contribution >= 4 is 5.69 Å². The van der Waals surface area contributed by atoms with Crippen molar-refractivity contribution in [3.05, 3.63) is 30.1 Å². The van der Waals surface area contributed by atoms with E-state index in [0.717, 1.165) is 43.8 Å². The third kappa shape index (κ3) is 3.53. The highest BCUT2D eigenvalue weighted by atomic mass is 19.1. The molecule has 126 valence electrons. The first-order valence-corrected chi connectivity index (χ1v) is 9.25. The molecule has 0 radical (unpaired) electrons. The van der Waals surface area contributed by atoms with Gasteiger partial charge in [0.2, 0.25) is 0 Å². The van der Waals surface area contributed by atoms with Crippen molar-refractivity contribution in [3.63, 3.8) is 0 Å². The largest absolute Gasteiger partial charge is 0.369 e. The molecule has 2 heterocycles. The number of hydrogen-bond acceptors (Lipinski definition) is 3. The number of benzene rings is 1. The molecular weight excluding hydrogens is 289 g/mol. The van der Waals surface area contributed by atoms with Crippen molar-refractivity contribution in [1.29, 1.82) is 0 Å². The van der Waals surface area contributed by atoms with Crippen LogP contribution in [0.2, 0.25) is 0 Å². The quantitative estimate of drug-likeness (QED) is 0.845. The Morgan fingerprint density at radius 1 is 0.913 bits per heavy atom. The highest BCUT2D eigenvalue weighted by Crippen LogP contribution is 2.28. The Morgan fingerprint density at radius 2 is 1.57 bits per heavy atom. The fraction of sp³-hybridized carbons (Fsp3) is 0.684. The molecule has 4 heteroatoms. The van der Waals surface area contributed by atoms with Crippen molar-refractivity contribution in [2.45, 2.75) is 31.7 Å². The average Bonchev–Trinajstić information content (AvgIpc) is 3.05. The van der Waals surface area contributed by atoms with Crippen LogP contribution < -0.4 is 4.90 Å². The van der Waals surface area contributed by atoms with Gasteiger partial charge in [-0.15, -0.1) is 0 Å². The maximum absolute atomic E-state index is 13.0. The number of rotatable bonds is 4. The summed E-state index contributed by atoms with van der Waals surface area (Å²) in [5.41, 5.74) is 1.16. The third-order valence-electron chi connectivity index (χ3n) is 5.95. The van der Waals surface area contributed by atoms with Gasteiger partial charge in [-0.1, -0.05) is 12.8 Å². The van der Waals surface area contributed by atoms with Gasteiger partial charge in [-0.2, -0.15) is 0 Å². The van der Waals surface area contributed by atoms with Crippen LogP contribution in [-0.4, -0.2) is 61.7 Å². The molecule has 0 unspecified atom stereocenters. The second-order valence-corrected chi connectivity index (χ2v) is 7.52. The average molecular weight is 317 g/mol. The van der Waals surface area contributed by atoms with E-state index in [1.807, 2.05) is 12.1 Å². The van der Waals surface area contributed by atoms with Gasteiger partial charge in [0.15, 0.2) is 0 Å². The van der Waals surface area contributed by atoms with Gasteiger partial charge in [0.25, 0.3) is 0 Å². The maximum atomic E-state index is 13.0. The van der Waals surface area contributed by atoms with Gasteiger partial charge in [-0.3, -0.25) is 9.80 Å². The van der Waals surface area contributed by atoms with Gasteiger partial charge in [0.1, 0.15) is 5.82 Å². The Kier molecular flexibility index (Phi) is 4.54. The Morgan fingerprint density at radius 3 is 2.22 bits per heavy atom. The van der Waals surface area contributed by atoms with E-state index in [2.05, 4.69) is 14.7 Å². The summed E-state index contributed by atoms with van der Waals surface area (Å²) in [4.78, 5) is 7.70. The smallest absolute Gasteiger partial charge is 0.123 e. The summed E-state index contributed by atoms with van der Waals surface area (Å²) in [7, 11) is 0. The molecule has 1 aliphatic carbocycles. The first kappa shape index (κ1) is 15.4. The standard InChI is InChI=1S/C19H28FN3/c20-17-5-7-18(8-6-17)22-9-11-23(12-10-22)19-14-21(15-19)13-16-3-1-2-4-16/h5-8,16,19H,1-4,9-15H2. The molecule has 1 aromatic carbocycles. The molecule has 1 aromatic rings. The molecule has 23 heavy (non-hydrogen) atoms. The number of nitrogens with zero attached hydrogens (tertiary/aromatic N) is 3. The molecule has 0 spiro atoms. The predicted octanol–water partition coefficient (Wildman–Crippen LogP) is 2.82. The second kappa shape index (κ2) is 6.78. The van der Waals surface area contributed by atoms with Crippen molar-refractivity contribution < 1.29 is 4.39 Å². The van der Waals surface area contributed by atoms with E-state index in [1.54, 1.807) is 12.1 Å². The normalized spacial score (nSPS) is 25.0. The third-order valence-corrected chi connectivity index (χ3v) is 5.95. The van der Waals surface area contributed by atoms with E-state index < -0.39 is 0 Å². The highest BCUT2D eigenvalue weighted by molar-refractivity contribution is 5.46. The molecule has 1 saturated carbocycles. The summed E-state index contributed by atoms with van der Waals surface area (Å²) in [6.07, 6.45) is 5.82. The number of piperazine rings is 1. The van der Waals surface area contributed by atoms with E-state index >= 15 is 0 Å². The summed E-state index contributed by atoms with van der Waals surface area (Å²) >= 11 is 0. The van der Waals surface area contributed by atoms with E-state index in [9.17, 15) is 4.39 Å². The Hall–Kier alpha value is -1.13. The van der Waals surface area contributed by atoms with Crippen LogP contribution in [0, 0.1) is 11.7 Å². The van der Waals surface area contributed by atoms with E-state index in [4.69, 9.17) is 0 Å². The molecule has 0 amide bonds. The first-order chi connectivity index (χ1) is 11.3. The number of halogens is 1. The summed E-state index contributed by atoms with van der Waals surface area (Å²) in [5, 5.41) is 0. The number of anilines is 1. The minimum atomic E-state index is -0.149. The zero-order valence-electron chi connectivity index (χ0n) is 14.0. The van der Waals surface area contributed by atoms with Gasteiger partial charge in [0.05, 0.1) is 0 Å². The van der Waals surface area contributed by atoms with Crippen LogP contribution in [-0.2, 0) is 0 Å². The summed E-state index contributed by atoms with van der Waals surface area (Å²) < 4.78 is 13.0. The van der Waals surface area contributed by atoms with Gasteiger partial charge in [-0.25, -0.2) is 4.39 Å². The molecule has 3 nitrogen and oxygen atoms in total. The fourth-order valence-electron chi connectivity index (χ4n) is 4.48. The molecule has 2 saturated heterocycles. The fourth-order valence-corrected chi connectivity index (χ4v) is 4.48. The molecular formula is C19H28FN3. The van der Waals surface area contributed by atoms with Crippen LogP contribution in [0.15, 0.2) is 24.3 Å². The Labute approximate surface area is 139 Å². The number of likely N-dealkylation sites (tertiary alicyclic amines) is 1. The topological polar surface area (TPSA) is 9.72 Å². The van der Waals surface area contributed by atoms with Crippen molar-refractivity contribution in [2.75, 3.05) is 50.7 Å². The lowest BCUT2D eigenvalue weighted by molar-refractivity contribution is 0.0216. The van der Waals surface area contributed by atoms with Crippen LogP contribution in [0.3, 0.4) is 0 Å². The second-order valence-electron chi connectivity index (χ2n) is 7.52. The van der Waals surface area contributed by atoms with Crippen LogP contribution in [0.5, 0.6) is 0 Å². The molecule has 0 N–H and O–H groups in total. The number of hydrogen-bond donors (Lipinski definition) is 0. The van der Waals surface area contributed by atoms with Crippen LogP contribution in [0.1, 0.15) is 25.7 Å². The Balaban J connectivity index is 1.21. The summed E-state index contributed by atoms with van der Waals surface area (Å²) in [6, 6.07) is 7.70. The van der Waals surface area contributed by atoms with E-state index in [-0.39, 0.29) is 5.82 Å². The monoisotopic (exact) mass is 317 g/mol. The molecule has 3 aliphatic rings. The highest BCUT2D eigenvalue weighted by Gasteiger charge is 2.34. The molecule has 0 bridgehead atoms. The molecule has 0 atom stereocenters. The van der Waals surface area contributed by atoms with Crippen molar-refractivity contribution in [3.8, 4) is 0 Å². The van der Waals surface area contributed by atoms with E-state index in [1.165, 1.54) is 45.3 Å². The lowest BCUT2D eigenvalue weighted by Crippen LogP contribution is -2.63. The predicted molar refractivity (Wildman–Crippen MR) is 92.4 cm³/mol. The van der Waals surface area contributed by atoms with E-state index in [0.29, 0.717) is 0 Å².